The molecule has 214 valence electrons. The molecule has 43 heavy (non-hydrogen) atoms. The molecule has 0 aliphatic rings. The molecule has 3 aromatic heterocycles. The molecule has 0 radical (unpaired) electrons. The van der Waals surface area contributed by atoms with Gasteiger partial charge in [-0.2, -0.15) is 8.75 Å². The molecule has 2 nitrogen and oxygen atoms in total. The average molecular weight is 615 g/mol. The van der Waals surface area contributed by atoms with Crippen LogP contribution in [0, 0.1) is 11.8 Å². The van der Waals surface area contributed by atoms with Gasteiger partial charge in [-0.3, -0.25) is 0 Å². The second-order valence-electron chi connectivity index (χ2n) is 12.2. The van der Waals surface area contributed by atoms with Crippen molar-refractivity contribution >= 4 is 54.8 Å². The summed E-state index contributed by atoms with van der Waals surface area (Å²) in [7, 11) is 0. The van der Waals surface area contributed by atoms with Gasteiger partial charge in [-0.25, -0.2) is 0 Å². The molecule has 0 atom stereocenters. The van der Waals surface area contributed by atoms with E-state index in [9.17, 15) is 0 Å². The van der Waals surface area contributed by atoms with Gasteiger partial charge in [0.25, 0.3) is 0 Å². The lowest BCUT2D eigenvalue weighted by atomic mass is 9.96. The Morgan fingerprint density at radius 3 is 1.51 bits per heavy atom. The summed E-state index contributed by atoms with van der Waals surface area (Å²) in [6, 6.07) is 36.1. The van der Waals surface area contributed by atoms with Gasteiger partial charge < -0.3 is 0 Å². The van der Waals surface area contributed by atoms with Gasteiger partial charge in [0.2, 0.25) is 0 Å². The third-order valence-electron chi connectivity index (χ3n) is 7.90. The summed E-state index contributed by atoms with van der Waals surface area (Å²) >= 11 is 5.02. The van der Waals surface area contributed by atoms with Gasteiger partial charge in [-0.1, -0.05) is 113 Å². The van der Waals surface area contributed by atoms with Crippen LogP contribution in [0.5, 0.6) is 0 Å². The molecule has 3 heterocycles. The molecule has 0 saturated heterocycles. The van der Waals surface area contributed by atoms with Crippen LogP contribution >= 0.6 is 34.4 Å². The molecule has 5 heteroatoms. The first kappa shape index (κ1) is 28.1. The second kappa shape index (κ2) is 11.8. The normalized spacial score (nSPS) is 11.9. The van der Waals surface area contributed by atoms with E-state index in [-0.39, 0.29) is 0 Å². The Balaban J connectivity index is 1.14. The molecular weight excluding hydrogens is 581 g/mol. The van der Waals surface area contributed by atoms with Gasteiger partial charge in [-0.15, -0.1) is 22.7 Å². The van der Waals surface area contributed by atoms with Crippen LogP contribution in [0.2, 0.25) is 0 Å². The summed E-state index contributed by atoms with van der Waals surface area (Å²) in [5.41, 5.74) is 12.0. The average Bonchev–Trinajstić information content (AvgIpc) is 3.73. The van der Waals surface area contributed by atoms with Crippen molar-refractivity contribution in [1.82, 2.24) is 8.75 Å². The zero-order valence-corrected chi connectivity index (χ0v) is 27.4. The Labute approximate surface area is 266 Å². The van der Waals surface area contributed by atoms with Crippen LogP contribution in [0.15, 0.2) is 97.1 Å². The predicted molar refractivity (Wildman–Crippen MR) is 190 cm³/mol. The van der Waals surface area contributed by atoms with Crippen LogP contribution in [0.4, 0.5) is 0 Å². The zero-order valence-electron chi connectivity index (χ0n) is 24.9. The highest BCUT2D eigenvalue weighted by Crippen LogP contribution is 2.44. The monoisotopic (exact) mass is 614 g/mol. The Kier molecular flexibility index (Phi) is 7.72. The number of thiophene rings is 2. The van der Waals surface area contributed by atoms with Crippen molar-refractivity contribution in [3.8, 4) is 43.1 Å². The highest BCUT2D eigenvalue weighted by atomic mass is 32.1. The largest absolute Gasteiger partial charge is 0.172 e. The second-order valence-corrected chi connectivity index (χ2v) is 14.9. The van der Waals surface area contributed by atoms with Crippen molar-refractivity contribution in [3.05, 3.63) is 108 Å². The van der Waals surface area contributed by atoms with E-state index in [4.69, 9.17) is 8.75 Å². The van der Waals surface area contributed by atoms with Crippen molar-refractivity contribution in [1.29, 1.82) is 0 Å². The van der Waals surface area contributed by atoms with Crippen molar-refractivity contribution in [2.45, 2.75) is 40.5 Å². The number of nitrogens with zero attached hydrogens (tertiary/aromatic N) is 2. The zero-order chi connectivity index (χ0) is 29.5. The Bertz CT molecular complexity index is 1970. The summed E-state index contributed by atoms with van der Waals surface area (Å²) in [5.74, 6) is 1.34. The van der Waals surface area contributed by atoms with Crippen molar-refractivity contribution < 1.29 is 0 Å². The van der Waals surface area contributed by atoms with Crippen LogP contribution in [0.1, 0.15) is 38.8 Å². The van der Waals surface area contributed by atoms with Gasteiger partial charge in [0, 0.05) is 30.3 Å². The first-order valence-electron chi connectivity index (χ1n) is 15.0. The summed E-state index contributed by atoms with van der Waals surface area (Å²) in [6.45, 7) is 9.07. The minimum Gasteiger partial charge on any atom is -0.172 e. The van der Waals surface area contributed by atoms with Gasteiger partial charge in [0.1, 0.15) is 11.0 Å². The van der Waals surface area contributed by atoms with E-state index in [0.29, 0.717) is 11.8 Å². The molecule has 0 N–H and O–H groups in total. The smallest absolute Gasteiger partial charge is 0.114 e. The van der Waals surface area contributed by atoms with E-state index in [1.165, 1.54) is 69.8 Å². The molecule has 0 aliphatic carbocycles. The van der Waals surface area contributed by atoms with E-state index >= 15 is 0 Å². The van der Waals surface area contributed by atoms with Crippen molar-refractivity contribution in [2.75, 3.05) is 0 Å². The molecule has 7 rings (SSSR count). The molecule has 0 bridgehead atoms. The predicted octanol–water partition coefficient (Wildman–Crippen LogP) is 12.0. The fourth-order valence-electron chi connectivity index (χ4n) is 5.83. The van der Waals surface area contributed by atoms with E-state index in [0.717, 1.165) is 29.4 Å². The Morgan fingerprint density at radius 2 is 0.930 bits per heavy atom. The number of hydrogen-bond acceptors (Lipinski definition) is 5. The third kappa shape index (κ3) is 5.82. The maximum atomic E-state index is 4.76. The number of rotatable bonds is 8. The maximum absolute atomic E-state index is 4.76. The summed E-state index contributed by atoms with van der Waals surface area (Å²) < 4.78 is 12.2. The SMILES string of the molecule is CC(C)Cc1ccc(-c2ccc(-c3ccc(-c4cc5sc(-c6ccc(CC(C)C)cc6)cc5s4)c4nsnc34)cc2)cc1. The van der Waals surface area contributed by atoms with Crippen molar-refractivity contribution in [2.24, 2.45) is 11.8 Å². The van der Waals surface area contributed by atoms with Crippen molar-refractivity contribution in [3.63, 3.8) is 0 Å². The number of hydrogen-bond donors (Lipinski definition) is 0. The van der Waals surface area contributed by atoms with E-state index < -0.39 is 0 Å². The molecule has 0 spiro atoms. The molecule has 0 amide bonds. The highest BCUT2D eigenvalue weighted by Gasteiger charge is 2.17. The lowest BCUT2D eigenvalue weighted by Crippen LogP contribution is -1.93. The van der Waals surface area contributed by atoms with Crippen LogP contribution in [-0.4, -0.2) is 8.75 Å². The minimum atomic E-state index is 0.667. The van der Waals surface area contributed by atoms with Crippen LogP contribution in [-0.2, 0) is 12.8 Å². The molecule has 4 aromatic carbocycles. The van der Waals surface area contributed by atoms with E-state index in [1.54, 1.807) is 0 Å². The van der Waals surface area contributed by atoms with Gasteiger partial charge in [0.05, 0.1) is 11.7 Å². The fraction of sp³-hybridized carbons (Fsp3) is 0.211. The molecule has 0 aliphatic heterocycles. The standard InChI is InChI=1S/C38H34N2S3/c1-23(2)19-25-5-9-27(10-6-25)28-13-15-29(16-14-28)31-17-18-32(38-37(31)39-43-40-38)34-22-36-35(42-34)21-33(41-36)30-11-7-26(8-12-30)20-24(3)4/h5-18,21-24H,19-20H2,1-4H3. The topological polar surface area (TPSA) is 25.8 Å². The summed E-state index contributed by atoms with van der Waals surface area (Å²) in [5, 5.41) is 0. The van der Waals surface area contributed by atoms with Gasteiger partial charge in [0.15, 0.2) is 0 Å². The molecule has 0 unspecified atom stereocenters. The minimum absolute atomic E-state index is 0.667. The lowest BCUT2D eigenvalue weighted by Gasteiger charge is -2.09. The number of fused-ring (bicyclic) bond motifs is 2. The third-order valence-corrected chi connectivity index (χ3v) is 10.8. The number of benzene rings is 4. The van der Waals surface area contributed by atoms with Crippen LogP contribution in [0.3, 0.4) is 0 Å². The Hall–Kier alpha value is -3.64. The first-order valence-corrected chi connectivity index (χ1v) is 17.4. The molecule has 0 fully saturated rings. The van der Waals surface area contributed by atoms with Gasteiger partial charge in [-0.05, 0) is 70.2 Å². The lowest BCUT2D eigenvalue weighted by molar-refractivity contribution is 0.647. The molecule has 0 saturated carbocycles. The number of aromatic nitrogens is 2. The Morgan fingerprint density at radius 1 is 0.488 bits per heavy atom. The van der Waals surface area contributed by atoms with Gasteiger partial charge >= 0.3 is 0 Å². The summed E-state index contributed by atoms with van der Waals surface area (Å²) in [4.78, 5) is 2.58. The maximum Gasteiger partial charge on any atom is 0.114 e. The fourth-order valence-corrected chi connectivity index (χ4v) is 8.83. The quantitative estimate of drug-likeness (QED) is 0.170. The van der Waals surface area contributed by atoms with Crippen LogP contribution in [0.25, 0.3) is 63.6 Å². The first-order chi connectivity index (χ1) is 20.9. The van der Waals surface area contributed by atoms with E-state index in [2.05, 4.69) is 125 Å². The van der Waals surface area contributed by atoms with E-state index in [1.807, 2.05) is 22.7 Å². The molecular formula is C38H34N2S3. The van der Waals surface area contributed by atoms with Crippen LogP contribution < -0.4 is 0 Å². The molecule has 7 aromatic rings. The summed E-state index contributed by atoms with van der Waals surface area (Å²) in [6.07, 6.45) is 2.24. The highest BCUT2D eigenvalue weighted by molar-refractivity contribution is 7.31.